The molecule has 0 aliphatic heterocycles. The summed E-state index contributed by atoms with van der Waals surface area (Å²) in [4.78, 5) is 9.97. The lowest BCUT2D eigenvalue weighted by atomic mass is 10.1. The Bertz CT molecular complexity index is 78.9. The number of nitrogens with two attached hydrogens (primary N) is 1. The van der Waals surface area contributed by atoms with E-state index in [4.69, 9.17) is 5.73 Å². The smallest absolute Gasteiger partial charge is 0.136 e. The molecule has 0 rings (SSSR count). The van der Waals surface area contributed by atoms with Crippen molar-refractivity contribution in [2.24, 2.45) is 5.73 Å². The molecule has 0 aliphatic carbocycles. The molecule has 0 bridgehead atoms. The fourth-order valence-corrected chi connectivity index (χ4v) is 0.698. The van der Waals surface area contributed by atoms with Crippen LogP contribution in [0.15, 0.2) is 0 Å². The lowest BCUT2D eigenvalue weighted by Crippen LogP contribution is -2.20. The maximum absolute atomic E-state index is 9.97. The van der Waals surface area contributed by atoms with Crippen LogP contribution < -0.4 is 5.73 Å². The van der Waals surface area contributed by atoms with Gasteiger partial charge in [-0.1, -0.05) is 40.0 Å². The first-order valence-corrected chi connectivity index (χ1v) is 4.52. The van der Waals surface area contributed by atoms with Crippen LogP contribution in [0.1, 0.15) is 47.9 Å². The zero-order valence-corrected chi connectivity index (χ0v) is 7.97. The van der Waals surface area contributed by atoms with Crippen molar-refractivity contribution in [3.63, 3.8) is 0 Å². The highest BCUT2D eigenvalue weighted by atomic mass is 16.1. The van der Waals surface area contributed by atoms with E-state index in [-0.39, 0.29) is 7.47 Å². The molecule has 2 N–H and O–H groups in total. The van der Waals surface area contributed by atoms with Gasteiger partial charge in [0.05, 0.1) is 6.04 Å². The van der Waals surface area contributed by atoms with E-state index in [1.54, 1.807) is 0 Å². The van der Waals surface area contributed by atoms with Crippen LogP contribution in [-0.4, -0.2) is 12.3 Å². The average molecular weight is 161 g/mol. The molecular formula is C9H23NO. The monoisotopic (exact) mass is 161 g/mol. The first-order chi connectivity index (χ1) is 5.31. The molecule has 70 valence electrons. The molecular weight excluding hydrogens is 138 g/mol. The van der Waals surface area contributed by atoms with Crippen molar-refractivity contribution >= 4 is 6.29 Å². The molecule has 1 atom stereocenters. The second kappa shape index (κ2) is 12.3. The second-order valence-electron chi connectivity index (χ2n) is 2.30. The highest BCUT2D eigenvalue weighted by Gasteiger charge is 1.96. The molecule has 0 saturated carbocycles. The number of carbonyl (C=O) groups is 1. The van der Waals surface area contributed by atoms with Gasteiger partial charge in [0.15, 0.2) is 0 Å². The van der Waals surface area contributed by atoms with Crippen LogP contribution in [0, 0.1) is 0 Å². The summed E-state index contributed by atoms with van der Waals surface area (Å²) in [6.07, 6.45) is 5.11. The quantitative estimate of drug-likeness (QED) is 0.497. The van der Waals surface area contributed by atoms with Crippen molar-refractivity contribution in [3.05, 3.63) is 0 Å². The number of carbonyl (C=O) groups excluding carboxylic acids is 1. The zero-order valence-electron chi connectivity index (χ0n) is 7.97. The van der Waals surface area contributed by atoms with Crippen molar-refractivity contribution in [2.45, 2.75) is 52.5 Å². The number of unbranched alkanes of at least 4 members (excludes halogenated alkanes) is 2. The number of hydrogen-bond donors (Lipinski definition) is 1. The van der Waals surface area contributed by atoms with Crippen LogP contribution >= 0.6 is 0 Å². The summed E-state index contributed by atoms with van der Waals surface area (Å²) in [5.74, 6) is 0. The van der Waals surface area contributed by atoms with Gasteiger partial charge in [-0.15, -0.1) is 0 Å². The normalized spacial score (nSPS) is 11.3. The molecule has 2 nitrogen and oxygen atoms in total. The third kappa shape index (κ3) is 12.8. The molecule has 0 spiro atoms. The van der Waals surface area contributed by atoms with Gasteiger partial charge in [0.25, 0.3) is 0 Å². The topological polar surface area (TPSA) is 43.1 Å². The first-order valence-electron chi connectivity index (χ1n) is 4.52. The van der Waals surface area contributed by atoms with Crippen molar-refractivity contribution in [2.75, 3.05) is 0 Å². The molecule has 2 heteroatoms. The standard InChI is InChI=1S/C7H15NO.C2H6.H2/c1-2-3-4-5-7(8)6-9;1-2;/h6-7H,2-5,8H2,1H3;1-2H3;1H/t7-;;/m0../s1. The number of rotatable bonds is 5. The molecule has 0 unspecified atom stereocenters. The Morgan fingerprint density at radius 3 is 2.36 bits per heavy atom. The largest absolute Gasteiger partial charge is 0.322 e. The number of aldehydes is 1. The van der Waals surface area contributed by atoms with E-state index in [9.17, 15) is 4.79 Å². The summed E-state index contributed by atoms with van der Waals surface area (Å²) < 4.78 is 0. The number of hydrogen-bond acceptors (Lipinski definition) is 2. The molecule has 0 aromatic heterocycles. The van der Waals surface area contributed by atoms with Gasteiger partial charge in [-0.05, 0) is 6.42 Å². The summed E-state index contributed by atoms with van der Waals surface area (Å²) in [6, 6.07) is -0.225. The molecule has 0 aromatic carbocycles. The first kappa shape index (κ1) is 13.2. The Balaban J connectivity index is -0.000000249. The van der Waals surface area contributed by atoms with Gasteiger partial charge in [0, 0.05) is 1.43 Å². The fraction of sp³-hybridized carbons (Fsp3) is 0.889. The SMILES string of the molecule is CC.CCCCC[C@H](N)C=O.[HH]. The van der Waals surface area contributed by atoms with E-state index in [0.29, 0.717) is 0 Å². The highest BCUT2D eigenvalue weighted by Crippen LogP contribution is 1.99. The Hall–Kier alpha value is -0.370. The van der Waals surface area contributed by atoms with Crippen LogP contribution in [0.3, 0.4) is 0 Å². The van der Waals surface area contributed by atoms with Crippen molar-refractivity contribution in [1.82, 2.24) is 0 Å². The van der Waals surface area contributed by atoms with Gasteiger partial charge in [-0.25, -0.2) is 0 Å². The Kier molecular flexibility index (Phi) is 14.8. The summed E-state index contributed by atoms with van der Waals surface area (Å²) >= 11 is 0. The van der Waals surface area contributed by atoms with Gasteiger partial charge < -0.3 is 10.5 Å². The van der Waals surface area contributed by atoms with E-state index in [1.165, 1.54) is 12.8 Å². The van der Waals surface area contributed by atoms with Crippen LogP contribution in [-0.2, 0) is 4.79 Å². The summed E-state index contributed by atoms with van der Waals surface area (Å²) in [7, 11) is 0. The fourth-order valence-electron chi connectivity index (χ4n) is 0.698. The minimum atomic E-state index is -0.225. The van der Waals surface area contributed by atoms with Crippen LogP contribution in [0.25, 0.3) is 0 Å². The molecule has 0 fully saturated rings. The Morgan fingerprint density at radius 2 is 2.00 bits per heavy atom. The Labute approximate surface area is 71.7 Å². The van der Waals surface area contributed by atoms with Crippen molar-refractivity contribution in [1.29, 1.82) is 0 Å². The Morgan fingerprint density at radius 1 is 1.45 bits per heavy atom. The zero-order chi connectivity index (χ0) is 9.11. The van der Waals surface area contributed by atoms with E-state index in [2.05, 4.69) is 6.92 Å². The second-order valence-corrected chi connectivity index (χ2v) is 2.30. The van der Waals surface area contributed by atoms with Crippen LogP contribution in [0.2, 0.25) is 0 Å². The van der Waals surface area contributed by atoms with Crippen LogP contribution in [0.5, 0.6) is 0 Å². The molecule has 0 aromatic rings. The van der Waals surface area contributed by atoms with Gasteiger partial charge in [0.1, 0.15) is 6.29 Å². The molecule has 0 saturated heterocycles. The third-order valence-corrected chi connectivity index (χ3v) is 1.32. The summed E-state index contributed by atoms with van der Waals surface area (Å²) in [5, 5.41) is 0. The van der Waals surface area contributed by atoms with E-state index in [0.717, 1.165) is 19.1 Å². The van der Waals surface area contributed by atoms with Crippen LogP contribution in [0.4, 0.5) is 0 Å². The minimum Gasteiger partial charge on any atom is -0.322 e. The summed E-state index contributed by atoms with van der Waals surface area (Å²) in [5.41, 5.74) is 5.35. The molecule has 0 amide bonds. The van der Waals surface area contributed by atoms with E-state index < -0.39 is 0 Å². The average Bonchev–Trinajstić information content (AvgIpc) is 2.08. The van der Waals surface area contributed by atoms with E-state index in [1.807, 2.05) is 13.8 Å². The molecule has 0 heterocycles. The molecule has 0 aliphatic rings. The third-order valence-electron chi connectivity index (χ3n) is 1.32. The summed E-state index contributed by atoms with van der Waals surface area (Å²) in [6.45, 7) is 6.13. The molecule has 11 heavy (non-hydrogen) atoms. The maximum atomic E-state index is 9.97. The van der Waals surface area contributed by atoms with Crippen molar-refractivity contribution < 1.29 is 6.22 Å². The van der Waals surface area contributed by atoms with Crippen molar-refractivity contribution in [3.8, 4) is 0 Å². The van der Waals surface area contributed by atoms with Gasteiger partial charge in [0.2, 0.25) is 0 Å². The minimum absolute atomic E-state index is 0. The lowest BCUT2D eigenvalue weighted by Gasteiger charge is -2.00. The van der Waals surface area contributed by atoms with Gasteiger partial charge in [-0.3, -0.25) is 0 Å². The highest BCUT2D eigenvalue weighted by molar-refractivity contribution is 5.56. The maximum Gasteiger partial charge on any atom is 0.136 e. The molecule has 0 radical (unpaired) electrons. The lowest BCUT2D eigenvalue weighted by molar-refractivity contribution is -0.109. The van der Waals surface area contributed by atoms with Gasteiger partial charge >= 0.3 is 0 Å². The van der Waals surface area contributed by atoms with Gasteiger partial charge in [-0.2, -0.15) is 0 Å². The van der Waals surface area contributed by atoms with E-state index >= 15 is 0 Å². The predicted octanol–water partition coefficient (Wildman–Crippen LogP) is 2.37. The predicted molar refractivity (Wildman–Crippen MR) is 51.6 cm³/mol.